The van der Waals surface area contributed by atoms with Gasteiger partial charge in [0.25, 0.3) is 0 Å². The van der Waals surface area contributed by atoms with Gasteiger partial charge in [0.05, 0.1) is 39.3 Å². The summed E-state index contributed by atoms with van der Waals surface area (Å²) < 4.78 is 86.6. The third-order valence-corrected chi connectivity index (χ3v) is 9.49. The maximum atomic E-state index is 16.9. The van der Waals surface area contributed by atoms with Crippen LogP contribution < -0.4 is 25.8 Å². The molecule has 47 heavy (non-hydrogen) atoms. The van der Waals surface area contributed by atoms with Gasteiger partial charge in [0.2, 0.25) is 0 Å². The van der Waals surface area contributed by atoms with Crippen molar-refractivity contribution in [2.45, 2.75) is 50.6 Å². The van der Waals surface area contributed by atoms with Gasteiger partial charge < -0.3 is 25.8 Å². The van der Waals surface area contributed by atoms with Gasteiger partial charge in [-0.25, -0.2) is 18.7 Å². The van der Waals surface area contributed by atoms with Gasteiger partial charge in [-0.05, 0) is 44.0 Å². The first-order valence-electron chi connectivity index (χ1n) is 15.0. The summed E-state index contributed by atoms with van der Waals surface area (Å²) in [4.78, 5) is 20.9. The first-order valence-corrected chi connectivity index (χ1v) is 15.4. The number of benzene rings is 1. The van der Waals surface area contributed by atoms with Gasteiger partial charge >= 0.3 is 12.2 Å². The van der Waals surface area contributed by atoms with Crippen LogP contribution >= 0.6 is 11.6 Å². The number of nitrogen functional groups attached to an aromatic ring is 2. The fourth-order valence-corrected chi connectivity index (χ4v) is 7.39. The Balaban J connectivity index is 1.44. The van der Waals surface area contributed by atoms with E-state index in [2.05, 4.69) is 19.9 Å². The van der Waals surface area contributed by atoms with Crippen molar-refractivity contribution < 1.29 is 31.4 Å². The first-order chi connectivity index (χ1) is 22.4. The van der Waals surface area contributed by atoms with Crippen molar-refractivity contribution >= 4 is 40.0 Å². The summed E-state index contributed by atoms with van der Waals surface area (Å²) in [5, 5.41) is -0.414. The second-order valence-electron chi connectivity index (χ2n) is 12.2. The summed E-state index contributed by atoms with van der Waals surface area (Å²) in [6, 6.07) is 4.30. The molecule has 7 rings (SSSR count). The molecular formula is C31H30ClF5N8O2. The molecule has 2 saturated heterocycles. The number of anilines is 3. The van der Waals surface area contributed by atoms with Gasteiger partial charge in [-0.1, -0.05) is 17.7 Å². The summed E-state index contributed by atoms with van der Waals surface area (Å²) >= 11 is 6.74. The van der Waals surface area contributed by atoms with Crippen LogP contribution in [0.5, 0.6) is 11.8 Å². The highest BCUT2D eigenvalue weighted by Gasteiger charge is 2.49. The second kappa shape index (κ2) is 11.5. The van der Waals surface area contributed by atoms with Crippen LogP contribution in [0.2, 0.25) is 5.02 Å². The summed E-state index contributed by atoms with van der Waals surface area (Å²) in [6.07, 6.45) is -2.55. The lowest BCUT2D eigenvalue weighted by molar-refractivity contribution is -0.137. The molecule has 6 heterocycles. The lowest BCUT2D eigenvalue weighted by Crippen LogP contribution is -2.43. The highest BCUT2D eigenvalue weighted by atomic mass is 35.5. The van der Waals surface area contributed by atoms with Crippen LogP contribution in [0.25, 0.3) is 22.2 Å². The van der Waals surface area contributed by atoms with Gasteiger partial charge in [-0.15, -0.1) is 0 Å². The predicted octanol–water partition coefficient (Wildman–Crippen LogP) is 5.73. The standard InChI is InChI=1S/C31H30ClF5N8O2/c1-15-10-18(38)41-24(21(15)31(35,36)37)19-22(32)26-20-25(23(19)34)42-29(47-14-30-5-3-7-45(30)13-17(33)11-30)43-28(20)44(8-9-46-26)12-16-4-2-6-40-27(16)39/h2,4,6,10,17H,3,5,7-9,11-14H2,1H3,(H2,38,41)(H2,39,40)/t17-,30+/m1/s1. The Bertz CT molecular complexity index is 1900. The van der Waals surface area contributed by atoms with Crippen molar-refractivity contribution in [1.82, 2.24) is 24.8 Å². The molecule has 0 saturated carbocycles. The molecule has 0 spiro atoms. The minimum absolute atomic E-state index is 0.00190. The molecule has 2 fully saturated rings. The van der Waals surface area contributed by atoms with Crippen LogP contribution in [0.4, 0.5) is 39.4 Å². The van der Waals surface area contributed by atoms with Crippen molar-refractivity contribution in [2.24, 2.45) is 0 Å². The van der Waals surface area contributed by atoms with E-state index in [0.717, 1.165) is 19.0 Å². The van der Waals surface area contributed by atoms with Crippen molar-refractivity contribution in [1.29, 1.82) is 0 Å². The van der Waals surface area contributed by atoms with Gasteiger partial charge in [-0.2, -0.15) is 23.1 Å². The van der Waals surface area contributed by atoms with E-state index in [9.17, 15) is 17.6 Å². The van der Waals surface area contributed by atoms with Crippen molar-refractivity contribution in [3.63, 3.8) is 0 Å². The van der Waals surface area contributed by atoms with Gasteiger partial charge in [0.1, 0.15) is 42.4 Å². The first kappa shape index (κ1) is 31.4. The maximum Gasteiger partial charge on any atom is 0.418 e. The van der Waals surface area contributed by atoms with Crippen molar-refractivity contribution in [3.05, 3.63) is 51.9 Å². The Morgan fingerprint density at radius 1 is 1.19 bits per heavy atom. The average molecular weight is 677 g/mol. The molecule has 4 aromatic rings. The maximum absolute atomic E-state index is 16.9. The Hall–Kier alpha value is -4.24. The highest BCUT2D eigenvalue weighted by Crippen LogP contribution is 2.50. The molecule has 0 bridgehead atoms. The van der Waals surface area contributed by atoms with E-state index in [4.69, 9.17) is 32.5 Å². The molecule has 0 unspecified atom stereocenters. The number of pyridine rings is 2. The van der Waals surface area contributed by atoms with E-state index >= 15 is 4.39 Å². The quantitative estimate of drug-likeness (QED) is 0.245. The van der Waals surface area contributed by atoms with Crippen molar-refractivity contribution in [2.75, 3.05) is 49.2 Å². The van der Waals surface area contributed by atoms with Crippen LogP contribution in [-0.2, 0) is 12.7 Å². The number of halogens is 6. The number of aromatic nitrogens is 4. The predicted molar refractivity (Wildman–Crippen MR) is 166 cm³/mol. The molecule has 0 amide bonds. The van der Waals surface area contributed by atoms with E-state index in [1.54, 1.807) is 23.2 Å². The fourth-order valence-electron chi connectivity index (χ4n) is 7.06. The topological polar surface area (TPSA) is 129 Å². The normalized spacial score (nSPS) is 21.2. The van der Waals surface area contributed by atoms with E-state index in [1.165, 1.54) is 6.92 Å². The average Bonchev–Trinajstić information content (AvgIpc) is 3.45. The second-order valence-corrected chi connectivity index (χ2v) is 12.5. The number of fused-ring (bicyclic) bond motifs is 1. The Morgan fingerprint density at radius 3 is 2.77 bits per heavy atom. The minimum atomic E-state index is -4.92. The number of hydrogen-bond donors (Lipinski definition) is 2. The molecule has 248 valence electrons. The van der Waals surface area contributed by atoms with Gasteiger partial charge in [0.15, 0.2) is 11.6 Å². The van der Waals surface area contributed by atoms with Crippen LogP contribution in [0.1, 0.15) is 36.0 Å². The van der Waals surface area contributed by atoms with E-state index in [1.807, 2.05) is 4.90 Å². The van der Waals surface area contributed by atoms with Crippen LogP contribution in [-0.4, -0.2) is 69.4 Å². The molecule has 4 N–H and O–H groups in total. The molecule has 3 aliphatic heterocycles. The number of alkyl halides is 4. The zero-order chi connectivity index (χ0) is 33.2. The van der Waals surface area contributed by atoms with Crippen LogP contribution in [0.3, 0.4) is 0 Å². The van der Waals surface area contributed by atoms with Gasteiger partial charge in [-0.3, -0.25) is 4.90 Å². The molecule has 0 radical (unpaired) electrons. The van der Waals surface area contributed by atoms with E-state index in [0.29, 0.717) is 18.5 Å². The largest absolute Gasteiger partial charge is 0.489 e. The number of aryl methyl sites for hydroxylation is 1. The van der Waals surface area contributed by atoms with E-state index < -0.39 is 51.1 Å². The van der Waals surface area contributed by atoms with E-state index in [-0.39, 0.29) is 72.9 Å². The zero-order valence-electron chi connectivity index (χ0n) is 25.2. The summed E-state index contributed by atoms with van der Waals surface area (Å²) in [5.41, 5.74) is 8.73. The Labute approximate surface area is 270 Å². The lowest BCUT2D eigenvalue weighted by atomic mass is 9.95. The monoisotopic (exact) mass is 676 g/mol. The summed E-state index contributed by atoms with van der Waals surface area (Å²) in [5.74, 6) is -1.14. The van der Waals surface area contributed by atoms with Gasteiger partial charge in [0, 0.05) is 31.3 Å². The molecule has 16 heteroatoms. The minimum Gasteiger partial charge on any atom is -0.489 e. The Morgan fingerprint density at radius 2 is 2.00 bits per heavy atom. The molecule has 10 nitrogen and oxygen atoms in total. The molecule has 3 aromatic heterocycles. The number of nitrogens with two attached hydrogens (primary N) is 2. The zero-order valence-corrected chi connectivity index (χ0v) is 25.9. The third-order valence-electron chi connectivity index (χ3n) is 9.12. The number of ether oxygens (including phenoxy) is 2. The third kappa shape index (κ3) is 5.38. The molecule has 2 atom stereocenters. The van der Waals surface area contributed by atoms with Crippen molar-refractivity contribution in [3.8, 4) is 23.0 Å². The number of rotatable bonds is 6. The van der Waals surface area contributed by atoms with Crippen LogP contribution in [0, 0.1) is 12.7 Å². The lowest BCUT2D eigenvalue weighted by Gasteiger charge is -2.31. The Kier molecular flexibility index (Phi) is 7.66. The number of nitrogens with zero attached hydrogens (tertiary/aromatic N) is 6. The molecular weight excluding hydrogens is 647 g/mol. The number of hydrogen-bond acceptors (Lipinski definition) is 10. The fraction of sp³-hybridized carbons (Fsp3) is 0.419. The molecule has 3 aliphatic rings. The molecule has 0 aliphatic carbocycles. The smallest absolute Gasteiger partial charge is 0.418 e. The highest BCUT2D eigenvalue weighted by molar-refractivity contribution is 6.36. The molecule has 1 aromatic carbocycles. The SMILES string of the molecule is Cc1cc(N)nc(-c2c(Cl)c3c4c(nc(OC[C@@]56CCCN5C[C@H](F)C6)nc4c2F)N(Cc2cccnc2N)CCO3)c1C(F)(F)F. The summed E-state index contributed by atoms with van der Waals surface area (Å²) in [7, 11) is 0. The summed E-state index contributed by atoms with van der Waals surface area (Å²) in [6.45, 7) is 2.62. The van der Waals surface area contributed by atoms with Crippen LogP contribution in [0.15, 0.2) is 24.4 Å².